The summed E-state index contributed by atoms with van der Waals surface area (Å²) in [6.45, 7) is 2.26. The van der Waals surface area contributed by atoms with Gasteiger partial charge in [-0.05, 0) is 6.42 Å². The summed E-state index contributed by atoms with van der Waals surface area (Å²) in [6.07, 6.45) is 15.0. The Morgan fingerprint density at radius 2 is 1.12 bits per heavy atom. The summed E-state index contributed by atoms with van der Waals surface area (Å²) < 4.78 is 0. The summed E-state index contributed by atoms with van der Waals surface area (Å²) >= 11 is 0. The van der Waals surface area contributed by atoms with Crippen molar-refractivity contribution in [3.05, 3.63) is 0 Å². The Hall–Kier alpha value is -0.530. The Labute approximate surface area is 101 Å². The van der Waals surface area contributed by atoms with Crippen LogP contribution in [0.1, 0.15) is 84.0 Å². The Bertz CT molecular complexity index is 157. The molecule has 16 heavy (non-hydrogen) atoms. The molecule has 2 nitrogen and oxygen atoms in total. The molecule has 0 atom stereocenters. The summed E-state index contributed by atoms with van der Waals surface area (Å²) in [5, 5.41) is 0. The van der Waals surface area contributed by atoms with Crippen LogP contribution in [0, 0.1) is 0 Å². The number of carbonyl (C=O) groups excluding carboxylic acids is 1. The average Bonchev–Trinajstić information content (AvgIpc) is 2.25. The van der Waals surface area contributed by atoms with Crippen molar-refractivity contribution in [2.45, 2.75) is 84.0 Å². The molecule has 0 saturated carbocycles. The minimum Gasteiger partial charge on any atom is -0.370 e. The van der Waals surface area contributed by atoms with E-state index in [1.807, 2.05) is 0 Å². The van der Waals surface area contributed by atoms with E-state index < -0.39 is 0 Å². The maximum absolute atomic E-state index is 10.5. The van der Waals surface area contributed by atoms with E-state index in [0.717, 1.165) is 6.42 Å². The zero-order valence-electron chi connectivity index (χ0n) is 11.0. The fourth-order valence-corrected chi connectivity index (χ4v) is 1.96. The van der Waals surface area contributed by atoms with Crippen LogP contribution in [0.5, 0.6) is 0 Å². The van der Waals surface area contributed by atoms with Crippen molar-refractivity contribution >= 4 is 5.91 Å². The predicted molar refractivity (Wildman–Crippen MR) is 70.3 cm³/mol. The van der Waals surface area contributed by atoms with Gasteiger partial charge in [0.1, 0.15) is 0 Å². The van der Waals surface area contributed by atoms with Crippen LogP contribution in [0.25, 0.3) is 0 Å². The number of carbonyl (C=O) groups is 1. The highest BCUT2D eigenvalue weighted by molar-refractivity contribution is 5.73. The number of hydrogen-bond acceptors (Lipinski definition) is 1. The summed E-state index contributed by atoms with van der Waals surface area (Å²) in [5.41, 5.74) is 5.07. The van der Waals surface area contributed by atoms with E-state index >= 15 is 0 Å². The van der Waals surface area contributed by atoms with Crippen molar-refractivity contribution in [2.24, 2.45) is 5.73 Å². The predicted octanol–water partition coefficient (Wildman–Crippen LogP) is 4.17. The van der Waals surface area contributed by atoms with Crippen molar-refractivity contribution < 1.29 is 4.79 Å². The van der Waals surface area contributed by atoms with Crippen molar-refractivity contribution in [3.63, 3.8) is 0 Å². The first-order valence-corrected chi connectivity index (χ1v) is 7.05. The molecule has 0 bridgehead atoms. The molecule has 0 heterocycles. The van der Waals surface area contributed by atoms with Crippen molar-refractivity contribution in [1.82, 2.24) is 0 Å². The number of amides is 1. The summed E-state index contributed by atoms with van der Waals surface area (Å²) in [7, 11) is 0. The van der Waals surface area contributed by atoms with Gasteiger partial charge in [0.15, 0.2) is 0 Å². The molecule has 0 spiro atoms. The lowest BCUT2D eigenvalue weighted by Gasteiger charge is -2.01. The van der Waals surface area contributed by atoms with E-state index in [9.17, 15) is 4.79 Å². The van der Waals surface area contributed by atoms with Crippen LogP contribution in [-0.2, 0) is 4.79 Å². The third-order valence-corrected chi connectivity index (χ3v) is 3.03. The smallest absolute Gasteiger partial charge is 0.217 e. The standard InChI is InChI=1S/C14H29NO/c1-2-3-4-5-6-7-8-9-10-11-12-13-14(15)16/h2-13H2,1H3,(H2,15,16). The largest absolute Gasteiger partial charge is 0.370 e. The fraction of sp³-hybridized carbons (Fsp3) is 0.929. The van der Waals surface area contributed by atoms with Crippen LogP contribution >= 0.6 is 0 Å². The molecule has 2 heteroatoms. The molecule has 0 aromatic carbocycles. The van der Waals surface area contributed by atoms with E-state index in [0.29, 0.717) is 6.42 Å². The van der Waals surface area contributed by atoms with Crippen molar-refractivity contribution in [1.29, 1.82) is 0 Å². The number of nitrogens with two attached hydrogens (primary N) is 1. The van der Waals surface area contributed by atoms with Crippen molar-refractivity contribution in [2.75, 3.05) is 0 Å². The molecule has 0 aliphatic carbocycles. The lowest BCUT2D eigenvalue weighted by Crippen LogP contribution is -2.09. The number of hydrogen-bond donors (Lipinski definition) is 1. The van der Waals surface area contributed by atoms with E-state index in [-0.39, 0.29) is 5.91 Å². The molecular formula is C14H29NO. The number of rotatable bonds is 12. The molecule has 0 aromatic rings. The number of unbranched alkanes of at least 4 members (excludes halogenated alkanes) is 10. The maximum Gasteiger partial charge on any atom is 0.217 e. The second-order valence-electron chi connectivity index (χ2n) is 4.75. The Kier molecular flexibility index (Phi) is 12.1. The first kappa shape index (κ1) is 15.5. The molecule has 1 amide bonds. The van der Waals surface area contributed by atoms with Gasteiger partial charge in [-0.3, -0.25) is 4.79 Å². The van der Waals surface area contributed by atoms with Gasteiger partial charge in [-0.2, -0.15) is 0 Å². The minimum absolute atomic E-state index is 0.157. The van der Waals surface area contributed by atoms with Crippen LogP contribution in [0.2, 0.25) is 0 Å². The lowest BCUT2D eigenvalue weighted by atomic mass is 10.1. The minimum atomic E-state index is -0.157. The normalized spacial score (nSPS) is 10.6. The van der Waals surface area contributed by atoms with Crippen LogP contribution < -0.4 is 5.73 Å². The lowest BCUT2D eigenvalue weighted by molar-refractivity contribution is -0.118. The van der Waals surface area contributed by atoms with Gasteiger partial charge in [0, 0.05) is 6.42 Å². The Balaban J connectivity index is 2.90. The van der Waals surface area contributed by atoms with Crippen LogP contribution in [-0.4, -0.2) is 5.91 Å². The van der Waals surface area contributed by atoms with E-state index in [4.69, 9.17) is 5.73 Å². The van der Waals surface area contributed by atoms with Gasteiger partial charge in [0.05, 0.1) is 0 Å². The molecule has 96 valence electrons. The van der Waals surface area contributed by atoms with Gasteiger partial charge in [0.2, 0.25) is 5.91 Å². The zero-order valence-corrected chi connectivity index (χ0v) is 11.0. The molecule has 0 saturated heterocycles. The molecular weight excluding hydrogens is 198 g/mol. The van der Waals surface area contributed by atoms with Crippen LogP contribution in [0.4, 0.5) is 0 Å². The third-order valence-electron chi connectivity index (χ3n) is 3.03. The summed E-state index contributed by atoms with van der Waals surface area (Å²) in [4.78, 5) is 10.5. The average molecular weight is 227 g/mol. The van der Waals surface area contributed by atoms with Gasteiger partial charge in [0.25, 0.3) is 0 Å². The summed E-state index contributed by atoms with van der Waals surface area (Å²) in [6, 6.07) is 0. The third kappa shape index (κ3) is 13.5. The molecule has 0 rings (SSSR count). The van der Waals surface area contributed by atoms with Crippen LogP contribution in [0.3, 0.4) is 0 Å². The second kappa shape index (κ2) is 12.5. The van der Waals surface area contributed by atoms with E-state index in [1.165, 1.54) is 64.2 Å². The molecule has 0 fully saturated rings. The fourth-order valence-electron chi connectivity index (χ4n) is 1.96. The summed E-state index contributed by atoms with van der Waals surface area (Å²) in [5.74, 6) is -0.157. The van der Waals surface area contributed by atoms with Gasteiger partial charge in [-0.15, -0.1) is 0 Å². The molecule has 0 unspecified atom stereocenters. The van der Waals surface area contributed by atoms with Gasteiger partial charge in [-0.25, -0.2) is 0 Å². The molecule has 2 N–H and O–H groups in total. The molecule has 0 radical (unpaired) electrons. The van der Waals surface area contributed by atoms with Gasteiger partial charge < -0.3 is 5.73 Å². The Morgan fingerprint density at radius 1 is 0.750 bits per heavy atom. The topological polar surface area (TPSA) is 43.1 Å². The Morgan fingerprint density at radius 3 is 1.50 bits per heavy atom. The molecule has 0 aliphatic rings. The van der Waals surface area contributed by atoms with Crippen molar-refractivity contribution in [3.8, 4) is 0 Å². The van der Waals surface area contributed by atoms with Gasteiger partial charge in [-0.1, -0.05) is 71.1 Å². The first-order chi connectivity index (χ1) is 7.77. The quantitative estimate of drug-likeness (QED) is 0.499. The highest BCUT2D eigenvalue weighted by Crippen LogP contribution is 2.11. The number of primary amides is 1. The maximum atomic E-state index is 10.5. The van der Waals surface area contributed by atoms with Crippen LogP contribution in [0.15, 0.2) is 0 Å². The second-order valence-corrected chi connectivity index (χ2v) is 4.75. The van der Waals surface area contributed by atoms with Gasteiger partial charge >= 0.3 is 0 Å². The highest BCUT2D eigenvalue weighted by Gasteiger charge is 1.95. The van der Waals surface area contributed by atoms with E-state index in [2.05, 4.69) is 6.92 Å². The SMILES string of the molecule is CCCCCCCCCCCCCC(N)=O. The first-order valence-electron chi connectivity index (χ1n) is 7.05. The zero-order chi connectivity index (χ0) is 12.1. The monoisotopic (exact) mass is 227 g/mol. The highest BCUT2D eigenvalue weighted by atomic mass is 16.1. The molecule has 0 aromatic heterocycles. The molecule has 0 aliphatic heterocycles. The van der Waals surface area contributed by atoms with E-state index in [1.54, 1.807) is 0 Å².